The third-order valence-corrected chi connectivity index (χ3v) is 27.9. The van der Waals surface area contributed by atoms with Gasteiger partial charge in [0.25, 0.3) is 0 Å². The normalized spacial score (nSPS) is 15.7. The number of ether oxygens (including phenoxy) is 4. The van der Waals surface area contributed by atoms with E-state index in [4.69, 9.17) is 41.9 Å². The Morgan fingerprint density at radius 2 is 0.609 bits per heavy atom. The summed E-state index contributed by atoms with van der Waals surface area (Å²) in [5, 5.41) is 1.90. The lowest BCUT2D eigenvalue weighted by molar-refractivity contribution is -0.118. The quantitative estimate of drug-likeness (QED) is 0.0265. The fraction of sp³-hybridized carbons (Fsp3) is 0.423. The van der Waals surface area contributed by atoms with Gasteiger partial charge in [0.1, 0.15) is 56.6 Å². The number of aromatic nitrogens is 12. The fourth-order valence-electron chi connectivity index (χ4n) is 18.1. The lowest BCUT2D eigenvalue weighted by Crippen LogP contribution is -2.27. The molecule has 16 heterocycles. The minimum atomic E-state index is -0.0628. The minimum absolute atomic E-state index is 0.0337. The molecule has 0 saturated carbocycles. The summed E-state index contributed by atoms with van der Waals surface area (Å²) in [6.45, 7) is 25.4. The van der Waals surface area contributed by atoms with E-state index in [0.717, 1.165) is 148 Å². The highest BCUT2D eigenvalue weighted by Crippen LogP contribution is 2.41. The van der Waals surface area contributed by atoms with E-state index in [0.29, 0.717) is 121 Å². The molecule has 32 nitrogen and oxygen atoms in total. The van der Waals surface area contributed by atoms with Crippen molar-refractivity contribution < 1.29 is 38.1 Å². The average Bonchev–Trinajstić information content (AvgIpc) is 1.64. The van der Waals surface area contributed by atoms with Crippen LogP contribution in [-0.2, 0) is 97.2 Å². The molecule has 0 bridgehead atoms. The van der Waals surface area contributed by atoms with Gasteiger partial charge < -0.3 is 41.9 Å². The minimum Gasteiger partial charge on any atom is -0.463 e. The van der Waals surface area contributed by atoms with Gasteiger partial charge in [-0.15, -0.1) is 22.7 Å². The number of pyridine rings is 2. The van der Waals surface area contributed by atoms with Crippen LogP contribution in [0.25, 0.3) is 43.4 Å². The molecule has 20 rings (SSSR count). The second kappa shape index (κ2) is 46.4. The van der Waals surface area contributed by atoms with Crippen LogP contribution in [0.5, 0.6) is 24.0 Å². The van der Waals surface area contributed by atoms with Crippen molar-refractivity contribution in [3.8, 4) is 67.4 Å². The van der Waals surface area contributed by atoms with Crippen molar-refractivity contribution in [2.24, 2.45) is 0 Å². The van der Waals surface area contributed by atoms with E-state index in [-0.39, 0.29) is 73.4 Å². The van der Waals surface area contributed by atoms with Crippen LogP contribution in [0.1, 0.15) is 196 Å². The van der Waals surface area contributed by atoms with E-state index in [9.17, 15) is 19.2 Å². The van der Waals surface area contributed by atoms with Crippen molar-refractivity contribution >= 4 is 92.8 Å². The fourth-order valence-corrected chi connectivity index (χ4v) is 19.9. The molecule has 8 aliphatic rings. The number of likely N-dealkylation sites (tertiary alicyclic amines) is 4. The van der Waals surface area contributed by atoms with Crippen LogP contribution >= 0.6 is 22.7 Å². The monoisotopic (exact) mass is 1900 g/mol. The van der Waals surface area contributed by atoms with Crippen LogP contribution in [0.4, 0.5) is 46.5 Å². The Balaban J connectivity index is 0.000000127. The van der Waals surface area contributed by atoms with Gasteiger partial charge in [-0.05, 0) is 187 Å². The molecule has 0 aliphatic carbocycles. The maximum atomic E-state index is 12.8. The van der Waals surface area contributed by atoms with Gasteiger partial charge in [-0.1, -0.05) is 150 Å². The van der Waals surface area contributed by atoms with Crippen molar-refractivity contribution in [1.82, 2.24) is 79.4 Å². The van der Waals surface area contributed by atoms with Gasteiger partial charge >= 0.3 is 24.0 Å². The number of carbonyl (C=O) groups excluding carboxylic acids is 4. The summed E-state index contributed by atoms with van der Waals surface area (Å²) in [6, 6.07) is 43.3. The first-order chi connectivity index (χ1) is 67.4. The SMILES string of the molecule is CCCCOc1nc(N)c2c(n1)N(Cc1ccc(-c3ccc(CN4CCCC4)nc3)cc1)C(=O)C2.CCCCOc1nc(N)c2c(n1)N(Cc1ccc(-c3cccc(CN4CCCC4)c3)cn1)C(=O)C2.CCCCOc1nc(N)c2c(n1)N(Cc1cnc(-c3ccc(CN4CCCC4)cc3)s1)C(=O)C2.CCCCOc1nc(N)c2c(n1)N(Cc1cnc(-c3cccc(CN4CCCC4)c3)s1)C(=O)C2. The Bertz CT molecular complexity index is 6180. The van der Waals surface area contributed by atoms with Crippen molar-refractivity contribution in [1.29, 1.82) is 0 Å². The van der Waals surface area contributed by atoms with Crippen LogP contribution in [0.3, 0.4) is 0 Å². The summed E-state index contributed by atoms with van der Waals surface area (Å²) in [4.78, 5) is 123. The molecule has 138 heavy (non-hydrogen) atoms. The number of unbranched alkanes of at least 4 members (excludes halogenated alkanes) is 4. The summed E-state index contributed by atoms with van der Waals surface area (Å²) in [5.41, 5.74) is 40.6. The summed E-state index contributed by atoms with van der Waals surface area (Å²) < 4.78 is 22.6. The van der Waals surface area contributed by atoms with Gasteiger partial charge in [0.05, 0.1) is 89.7 Å². The molecule has 0 unspecified atom stereocenters. The van der Waals surface area contributed by atoms with Gasteiger partial charge in [0, 0.05) is 105 Å². The number of nitrogens with zero attached hydrogens (tertiary/aromatic N) is 20. The maximum absolute atomic E-state index is 12.8. The highest BCUT2D eigenvalue weighted by Gasteiger charge is 2.38. The predicted octanol–water partition coefficient (Wildman–Crippen LogP) is 16.1. The number of nitrogen functional groups attached to an aromatic ring is 4. The number of nitrogens with two attached hydrogens (primary N) is 4. The highest BCUT2D eigenvalue weighted by molar-refractivity contribution is 7.15. The average molecular weight is 1900 g/mol. The lowest BCUT2D eigenvalue weighted by Gasteiger charge is -2.17. The summed E-state index contributed by atoms with van der Waals surface area (Å²) in [7, 11) is 0. The first-order valence-corrected chi connectivity index (χ1v) is 50.5. The number of carbonyl (C=O) groups is 4. The van der Waals surface area contributed by atoms with E-state index in [2.05, 4.69) is 210 Å². The van der Waals surface area contributed by atoms with Gasteiger partial charge in [-0.3, -0.25) is 68.3 Å². The molecule has 4 aromatic carbocycles. The third kappa shape index (κ3) is 24.5. The Morgan fingerprint density at radius 3 is 0.986 bits per heavy atom. The molecule has 0 radical (unpaired) electrons. The second-order valence-corrected chi connectivity index (χ2v) is 38.5. The predicted molar refractivity (Wildman–Crippen MR) is 539 cm³/mol. The number of rotatable bonds is 36. The van der Waals surface area contributed by atoms with Crippen molar-refractivity contribution in [3.05, 3.63) is 212 Å². The largest absolute Gasteiger partial charge is 0.463 e. The van der Waals surface area contributed by atoms with Crippen LogP contribution in [-0.4, -0.2) is 182 Å². The number of anilines is 8. The Hall–Kier alpha value is -13.1. The van der Waals surface area contributed by atoms with E-state index < -0.39 is 0 Å². The third-order valence-electron chi connectivity index (χ3n) is 25.8. The van der Waals surface area contributed by atoms with E-state index in [1.807, 2.05) is 43.0 Å². The molecule has 8 aliphatic heterocycles. The number of hydrogen-bond donors (Lipinski definition) is 4. The number of hydrogen-bond acceptors (Lipinski definition) is 30. The van der Waals surface area contributed by atoms with Gasteiger partial charge in [-0.2, -0.15) is 39.9 Å². The molecule has 8 N–H and O–H groups in total. The number of amides is 4. The summed E-state index contributed by atoms with van der Waals surface area (Å²) in [6.07, 6.45) is 26.3. The standard InChI is InChI=1S/2C27H32N6O2.2C25H30N6O2S/c1-2-3-14-35-27-30-25(28)23-15-24(34)33(26(23)31-27)17-19-6-8-20(9-7-19)21-10-11-22(29-16-21)18-32-12-4-5-13-32;1-2-3-13-35-27-30-25(28)23-15-24(34)33(26(23)31-27)18-22-10-9-21(16-29-22)20-8-6-7-19(14-20)17-32-11-4-5-12-32;1-2-3-12-33-25-28-22(26)20-13-21(32)31(23(20)29-25)16-19-14-27-24(34-19)18-8-6-17(7-9-18)15-30-10-4-5-11-30;1-2-3-11-33-25-28-22(26)20-13-21(32)31(23(20)29-25)16-19-14-27-24(34-19)18-8-6-7-17(12-18)15-30-9-4-5-10-30/h6-11,16H,2-5,12-15,17-18H2,1H3,(H2,28,30,31);6-10,14,16H,2-5,11-13,15,17-18H2,1H3,(H2,28,30,31);6-9,14H,2-5,10-13,15-16H2,1H3,(H2,26,28,29);6-8,12,14H,2-5,9-11,13,15-16H2,1H3,(H2,26,28,29). The molecule has 34 heteroatoms. The Kier molecular flexibility index (Phi) is 32.4. The van der Waals surface area contributed by atoms with Crippen LogP contribution in [0.2, 0.25) is 0 Å². The molecule has 4 fully saturated rings. The zero-order valence-corrected chi connectivity index (χ0v) is 81.1. The molecule has 8 aromatic heterocycles. The zero-order chi connectivity index (χ0) is 95.4. The highest BCUT2D eigenvalue weighted by atomic mass is 32.1. The second-order valence-electron chi connectivity index (χ2n) is 36.3. The maximum Gasteiger partial charge on any atom is 0.320 e. The molecular formula is C104H124N24O8S2. The first-order valence-electron chi connectivity index (χ1n) is 48.9. The van der Waals surface area contributed by atoms with Gasteiger partial charge in [0.15, 0.2) is 0 Å². The summed E-state index contributed by atoms with van der Waals surface area (Å²) in [5.74, 6) is 3.23. The Morgan fingerprint density at radius 1 is 0.297 bits per heavy atom. The van der Waals surface area contributed by atoms with E-state index in [1.54, 1.807) is 42.3 Å². The first kappa shape index (κ1) is 96.6. The zero-order valence-electron chi connectivity index (χ0n) is 79.5. The number of thiazole rings is 2. The van der Waals surface area contributed by atoms with E-state index >= 15 is 0 Å². The molecular weight excluding hydrogens is 1780 g/mol. The van der Waals surface area contributed by atoms with Gasteiger partial charge in [-0.25, -0.2) is 9.97 Å². The van der Waals surface area contributed by atoms with E-state index in [1.165, 1.54) is 120 Å². The number of fused-ring (bicyclic) bond motifs is 4. The van der Waals surface area contributed by atoms with Gasteiger partial charge in [0.2, 0.25) is 23.6 Å². The molecule has 0 spiro atoms. The lowest BCUT2D eigenvalue weighted by atomic mass is 10.0. The molecule has 0 atom stereocenters. The van der Waals surface area contributed by atoms with Crippen molar-refractivity contribution in [3.63, 3.8) is 0 Å². The molecule has 4 amide bonds. The number of benzene rings is 4. The molecule has 12 aromatic rings. The van der Waals surface area contributed by atoms with Crippen LogP contribution < -0.4 is 61.5 Å². The molecule has 4 saturated heterocycles. The topological polar surface area (TPSA) is 390 Å². The van der Waals surface area contributed by atoms with Crippen LogP contribution in [0.15, 0.2) is 146 Å². The van der Waals surface area contributed by atoms with Crippen molar-refractivity contribution in [2.75, 3.05) is 121 Å². The molecule has 720 valence electrons. The smallest absolute Gasteiger partial charge is 0.320 e. The van der Waals surface area contributed by atoms with Crippen molar-refractivity contribution in [2.45, 2.75) is 208 Å². The summed E-state index contributed by atoms with van der Waals surface area (Å²) >= 11 is 3.19. The van der Waals surface area contributed by atoms with Crippen LogP contribution in [0, 0.1) is 0 Å². The Labute approximate surface area is 814 Å².